The summed E-state index contributed by atoms with van der Waals surface area (Å²) in [7, 11) is 0. The van der Waals surface area contributed by atoms with Gasteiger partial charge in [0.1, 0.15) is 0 Å². The quantitative estimate of drug-likeness (QED) is 0.674. The zero-order chi connectivity index (χ0) is 17.8. The molecule has 0 radical (unpaired) electrons. The lowest BCUT2D eigenvalue weighted by atomic mass is 9.98. The fourth-order valence-electron chi connectivity index (χ4n) is 3.90. The minimum Gasteiger partial charge on any atom is -0.343 e. The molecular formula is C22H26ClN3. The van der Waals surface area contributed by atoms with E-state index in [1.54, 1.807) is 0 Å². The highest BCUT2D eigenvalue weighted by Crippen LogP contribution is 2.24. The number of rotatable bonds is 6. The van der Waals surface area contributed by atoms with Crippen molar-refractivity contribution in [2.45, 2.75) is 25.9 Å². The molecule has 0 unspecified atom stereocenters. The molecule has 2 aromatic carbocycles. The number of hydrogen-bond donors (Lipinski definition) is 2. The number of para-hydroxylation sites is 1. The fraction of sp³-hybridized carbons (Fsp3) is 0.364. The average molecular weight is 368 g/mol. The summed E-state index contributed by atoms with van der Waals surface area (Å²) < 4.78 is 2.32. The van der Waals surface area contributed by atoms with Crippen LogP contribution in [0, 0.1) is 5.92 Å². The second-order valence-electron chi connectivity index (χ2n) is 7.22. The first-order valence-electron chi connectivity index (χ1n) is 9.53. The van der Waals surface area contributed by atoms with Gasteiger partial charge in [-0.15, -0.1) is 0 Å². The molecule has 1 fully saturated rings. The molecule has 4 rings (SSSR count). The first-order valence-corrected chi connectivity index (χ1v) is 9.90. The number of piperidine rings is 1. The molecule has 4 heteroatoms. The van der Waals surface area contributed by atoms with Crippen molar-refractivity contribution in [2.24, 2.45) is 5.92 Å². The van der Waals surface area contributed by atoms with Crippen LogP contribution in [-0.2, 0) is 13.1 Å². The summed E-state index contributed by atoms with van der Waals surface area (Å²) in [4.78, 5) is 0. The van der Waals surface area contributed by atoms with Crippen molar-refractivity contribution < 1.29 is 0 Å². The molecule has 0 amide bonds. The van der Waals surface area contributed by atoms with Gasteiger partial charge in [0.05, 0.1) is 0 Å². The number of aromatic nitrogens is 1. The monoisotopic (exact) mass is 367 g/mol. The van der Waals surface area contributed by atoms with Gasteiger partial charge < -0.3 is 15.2 Å². The van der Waals surface area contributed by atoms with E-state index in [-0.39, 0.29) is 0 Å². The van der Waals surface area contributed by atoms with Gasteiger partial charge in [-0.2, -0.15) is 0 Å². The number of benzene rings is 2. The van der Waals surface area contributed by atoms with Gasteiger partial charge in [0.2, 0.25) is 0 Å². The van der Waals surface area contributed by atoms with E-state index in [1.165, 1.54) is 29.3 Å². The van der Waals surface area contributed by atoms with Gasteiger partial charge in [-0.3, -0.25) is 0 Å². The molecule has 1 saturated heterocycles. The Kier molecular flexibility index (Phi) is 5.59. The van der Waals surface area contributed by atoms with E-state index < -0.39 is 0 Å². The minimum atomic E-state index is 0.799. The largest absolute Gasteiger partial charge is 0.343 e. The Hall–Kier alpha value is -1.81. The molecular weight excluding hydrogens is 342 g/mol. The van der Waals surface area contributed by atoms with Crippen LogP contribution in [0.1, 0.15) is 24.0 Å². The van der Waals surface area contributed by atoms with Gasteiger partial charge in [-0.25, -0.2) is 0 Å². The summed E-state index contributed by atoms with van der Waals surface area (Å²) in [6.07, 6.45) is 4.84. The lowest BCUT2D eigenvalue weighted by Crippen LogP contribution is -2.33. The van der Waals surface area contributed by atoms with Crippen LogP contribution in [0.4, 0.5) is 0 Å². The summed E-state index contributed by atoms with van der Waals surface area (Å²) in [6.45, 7) is 5.13. The standard InChI is InChI=1S/C22H26ClN3/c23-21-7-3-1-5-18(21)15-26-16-19(20-6-2-4-8-22(20)26)14-25-13-17-9-11-24-12-10-17/h1-8,16-17,24-25H,9-15H2. The maximum atomic E-state index is 6.37. The van der Waals surface area contributed by atoms with Crippen molar-refractivity contribution in [1.29, 1.82) is 0 Å². The maximum absolute atomic E-state index is 6.37. The Bertz CT molecular complexity index is 865. The van der Waals surface area contributed by atoms with Crippen LogP contribution in [0.2, 0.25) is 5.02 Å². The third-order valence-corrected chi connectivity index (χ3v) is 5.75. The van der Waals surface area contributed by atoms with Crippen molar-refractivity contribution in [3.63, 3.8) is 0 Å². The van der Waals surface area contributed by atoms with E-state index in [1.807, 2.05) is 12.1 Å². The summed E-state index contributed by atoms with van der Waals surface area (Å²) in [6, 6.07) is 16.7. The zero-order valence-corrected chi connectivity index (χ0v) is 15.8. The maximum Gasteiger partial charge on any atom is 0.0491 e. The molecule has 0 saturated carbocycles. The lowest BCUT2D eigenvalue weighted by molar-refractivity contribution is 0.356. The van der Waals surface area contributed by atoms with E-state index in [0.717, 1.165) is 49.2 Å². The van der Waals surface area contributed by atoms with Crippen LogP contribution in [0.5, 0.6) is 0 Å². The number of fused-ring (bicyclic) bond motifs is 1. The first kappa shape index (κ1) is 17.6. The predicted octanol–water partition coefficient (Wildman–Crippen LogP) is 4.43. The van der Waals surface area contributed by atoms with Gasteiger partial charge in [-0.05, 0) is 61.7 Å². The molecule has 0 atom stereocenters. The Balaban J connectivity index is 1.51. The summed E-state index contributed by atoms with van der Waals surface area (Å²) >= 11 is 6.37. The third kappa shape index (κ3) is 3.96. The normalized spacial score (nSPS) is 15.6. The van der Waals surface area contributed by atoms with Crippen LogP contribution in [-0.4, -0.2) is 24.2 Å². The highest BCUT2D eigenvalue weighted by molar-refractivity contribution is 6.31. The summed E-state index contributed by atoms with van der Waals surface area (Å²) in [5, 5.41) is 9.28. The Morgan fingerprint density at radius 1 is 1.00 bits per heavy atom. The number of nitrogens with zero attached hydrogens (tertiary/aromatic N) is 1. The van der Waals surface area contributed by atoms with E-state index in [2.05, 4.69) is 57.8 Å². The van der Waals surface area contributed by atoms with E-state index >= 15 is 0 Å². The SMILES string of the molecule is Clc1ccccc1Cn1cc(CNCC2CCNCC2)c2ccccc21. The number of hydrogen-bond acceptors (Lipinski definition) is 2. The molecule has 0 bridgehead atoms. The highest BCUT2D eigenvalue weighted by atomic mass is 35.5. The summed E-state index contributed by atoms with van der Waals surface area (Å²) in [5.41, 5.74) is 3.79. The van der Waals surface area contributed by atoms with Gasteiger partial charge >= 0.3 is 0 Å². The smallest absolute Gasteiger partial charge is 0.0491 e. The zero-order valence-electron chi connectivity index (χ0n) is 15.0. The van der Waals surface area contributed by atoms with Gasteiger partial charge in [0.25, 0.3) is 0 Å². The molecule has 1 aliphatic rings. The second-order valence-corrected chi connectivity index (χ2v) is 7.62. The van der Waals surface area contributed by atoms with Crippen LogP contribution < -0.4 is 10.6 Å². The van der Waals surface area contributed by atoms with Crippen LogP contribution in [0.25, 0.3) is 10.9 Å². The third-order valence-electron chi connectivity index (χ3n) is 5.38. The molecule has 0 aliphatic carbocycles. The van der Waals surface area contributed by atoms with Crippen molar-refractivity contribution >= 4 is 22.5 Å². The average Bonchev–Trinajstić information content (AvgIpc) is 3.02. The first-order chi connectivity index (χ1) is 12.8. The fourth-order valence-corrected chi connectivity index (χ4v) is 4.10. The molecule has 3 nitrogen and oxygen atoms in total. The Labute approximate surface area is 160 Å². The van der Waals surface area contributed by atoms with Crippen LogP contribution in [0.15, 0.2) is 54.7 Å². The van der Waals surface area contributed by atoms with Gasteiger partial charge in [-0.1, -0.05) is 48.0 Å². The highest BCUT2D eigenvalue weighted by Gasteiger charge is 2.13. The molecule has 3 aromatic rings. The van der Waals surface area contributed by atoms with Crippen molar-refractivity contribution in [3.05, 3.63) is 70.9 Å². The van der Waals surface area contributed by atoms with E-state index in [0.29, 0.717) is 0 Å². The Morgan fingerprint density at radius 3 is 2.62 bits per heavy atom. The van der Waals surface area contributed by atoms with Crippen LogP contribution >= 0.6 is 11.6 Å². The summed E-state index contributed by atoms with van der Waals surface area (Å²) in [5.74, 6) is 0.799. The topological polar surface area (TPSA) is 29.0 Å². The Morgan fingerprint density at radius 2 is 1.77 bits per heavy atom. The van der Waals surface area contributed by atoms with Crippen molar-refractivity contribution in [3.8, 4) is 0 Å². The minimum absolute atomic E-state index is 0.799. The number of halogens is 1. The lowest BCUT2D eigenvalue weighted by Gasteiger charge is -2.22. The molecule has 0 spiro atoms. The second kappa shape index (κ2) is 8.26. The van der Waals surface area contributed by atoms with Gasteiger partial charge in [0.15, 0.2) is 0 Å². The van der Waals surface area contributed by atoms with E-state index in [4.69, 9.17) is 11.6 Å². The number of nitrogens with one attached hydrogen (secondary N) is 2. The molecule has 2 heterocycles. The molecule has 136 valence electrons. The predicted molar refractivity (Wildman–Crippen MR) is 110 cm³/mol. The van der Waals surface area contributed by atoms with Crippen molar-refractivity contribution in [2.75, 3.05) is 19.6 Å². The van der Waals surface area contributed by atoms with E-state index in [9.17, 15) is 0 Å². The van der Waals surface area contributed by atoms with Crippen LogP contribution in [0.3, 0.4) is 0 Å². The molecule has 1 aliphatic heterocycles. The van der Waals surface area contributed by atoms with Gasteiger partial charge in [0, 0.05) is 35.2 Å². The molecule has 26 heavy (non-hydrogen) atoms. The van der Waals surface area contributed by atoms with Crippen molar-refractivity contribution in [1.82, 2.24) is 15.2 Å². The molecule has 1 aromatic heterocycles. The molecule has 2 N–H and O–H groups in total.